The summed E-state index contributed by atoms with van der Waals surface area (Å²) in [5, 5.41) is 0.995. The summed E-state index contributed by atoms with van der Waals surface area (Å²) in [7, 11) is 0. The quantitative estimate of drug-likeness (QED) is 0.704. The Morgan fingerprint density at radius 1 is 1.08 bits per heavy atom. The second-order valence-corrected chi connectivity index (χ2v) is 6.82. The molecule has 1 saturated carbocycles. The predicted molar refractivity (Wildman–Crippen MR) is 101 cm³/mol. The summed E-state index contributed by atoms with van der Waals surface area (Å²) in [5.41, 5.74) is 10.1. The highest BCUT2D eigenvalue weighted by molar-refractivity contribution is 5.87. The first-order valence-electron chi connectivity index (χ1n) is 8.98. The number of nitrogens with zero attached hydrogens (tertiary/aromatic N) is 2. The first-order chi connectivity index (χ1) is 12.2. The minimum atomic E-state index is 0.174. The van der Waals surface area contributed by atoms with Gasteiger partial charge in [0.15, 0.2) is 0 Å². The van der Waals surface area contributed by atoms with Crippen molar-refractivity contribution in [3.05, 3.63) is 60.0 Å². The lowest BCUT2D eigenvalue weighted by molar-refractivity contribution is 0.211. The van der Waals surface area contributed by atoms with Crippen LogP contribution in [0.5, 0.6) is 5.75 Å². The van der Waals surface area contributed by atoms with E-state index in [0.29, 0.717) is 5.69 Å². The first kappa shape index (κ1) is 15.9. The molecule has 1 aliphatic rings. The molecule has 2 N–H and O–H groups in total. The predicted octanol–water partition coefficient (Wildman–Crippen LogP) is 4.69. The Morgan fingerprint density at radius 3 is 2.60 bits per heavy atom. The van der Waals surface area contributed by atoms with Crippen LogP contribution >= 0.6 is 0 Å². The van der Waals surface area contributed by atoms with Gasteiger partial charge in [-0.1, -0.05) is 37.3 Å². The zero-order valence-electron chi connectivity index (χ0n) is 14.5. The molecule has 3 aromatic rings. The monoisotopic (exact) mass is 333 g/mol. The number of hydrogen-bond donors (Lipinski definition) is 1. The maximum absolute atomic E-state index is 6.29. The van der Waals surface area contributed by atoms with Crippen LogP contribution in [0.2, 0.25) is 0 Å². The van der Waals surface area contributed by atoms with Gasteiger partial charge in [0.05, 0.1) is 23.0 Å². The number of rotatable bonds is 4. The van der Waals surface area contributed by atoms with E-state index in [9.17, 15) is 0 Å². The Hall–Kier alpha value is -2.62. The van der Waals surface area contributed by atoms with Gasteiger partial charge < -0.3 is 10.5 Å². The maximum atomic E-state index is 6.29. The van der Waals surface area contributed by atoms with Crippen molar-refractivity contribution < 1.29 is 4.74 Å². The maximum Gasteiger partial charge on any atom is 0.144 e. The van der Waals surface area contributed by atoms with Crippen LogP contribution in [-0.2, 0) is 0 Å². The van der Waals surface area contributed by atoms with Crippen molar-refractivity contribution in [2.24, 2.45) is 0 Å². The van der Waals surface area contributed by atoms with Gasteiger partial charge in [-0.3, -0.25) is 0 Å². The lowest BCUT2D eigenvalue weighted by Gasteiger charge is -2.17. The minimum absolute atomic E-state index is 0.174. The van der Waals surface area contributed by atoms with Crippen LogP contribution in [0.4, 0.5) is 5.69 Å². The summed E-state index contributed by atoms with van der Waals surface area (Å²) >= 11 is 0. The topological polar surface area (TPSA) is 61.0 Å². The molecule has 1 aliphatic carbocycles. The van der Waals surface area contributed by atoms with Crippen LogP contribution in [0.25, 0.3) is 10.9 Å². The second kappa shape index (κ2) is 6.71. The molecule has 0 aliphatic heterocycles. The highest BCUT2D eigenvalue weighted by atomic mass is 16.5. The number of ether oxygens (including phenoxy) is 1. The standard InChI is InChI=1S/C21H23N3O/c1-14(15-7-3-2-4-8-15)21-17-11-18(22)20(12-19(17)23-13-24-21)25-16-9-5-6-10-16/h2-4,7-8,11-14,16H,5-6,9-10,22H2,1H3. The number of nitrogens with two attached hydrogens (primary N) is 1. The van der Waals surface area contributed by atoms with E-state index < -0.39 is 0 Å². The fourth-order valence-electron chi connectivity index (χ4n) is 3.65. The first-order valence-corrected chi connectivity index (χ1v) is 8.98. The molecule has 128 valence electrons. The SMILES string of the molecule is CC(c1ccccc1)c1ncnc2cc(OC3CCCC3)c(N)cc12. The van der Waals surface area contributed by atoms with Gasteiger partial charge in [0.1, 0.15) is 12.1 Å². The molecule has 0 amide bonds. The largest absolute Gasteiger partial charge is 0.488 e. The highest BCUT2D eigenvalue weighted by Crippen LogP contribution is 2.34. The van der Waals surface area contributed by atoms with Crippen molar-refractivity contribution in [3.8, 4) is 5.75 Å². The van der Waals surface area contributed by atoms with E-state index in [2.05, 4.69) is 41.2 Å². The minimum Gasteiger partial charge on any atom is -0.488 e. The zero-order chi connectivity index (χ0) is 17.2. The van der Waals surface area contributed by atoms with Gasteiger partial charge in [-0.25, -0.2) is 9.97 Å². The summed E-state index contributed by atoms with van der Waals surface area (Å²) in [4.78, 5) is 9.00. The fourth-order valence-corrected chi connectivity index (χ4v) is 3.65. The van der Waals surface area contributed by atoms with Crippen LogP contribution in [0.15, 0.2) is 48.8 Å². The lowest BCUT2D eigenvalue weighted by Crippen LogP contribution is -2.12. The van der Waals surface area contributed by atoms with Crippen molar-refractivity contribution in [1.82, 2.24) is 9.97 Å². The van der Waals surface area contributed by atoms with Gasteiger partial charge in [0, 0.05) is 17.4 Å². The van der Waals surface area contributed by atoms with Gasteiger partial charge >= 0.3 is 0 Å². The van der Waals surface area contributed by atoms with Crippen LogP contribution < -0.4 is 10.5 Å². The van der Waals surface area contributed by atoms with Crippen LogP contribution in [0.3, 0.4) is 0 Å². The normalized spacial score (nSPS) is 16.2. The van der Waals surface area contributed by atoms with Crippen LogP contribution in [-0.4, -0.2) is 16.1 Å². The molecule has 4 heteroatoms. The van der Waals surface area contributed by atoms with E-state index in [0.717, 1.165) is 35.2 Å². The molecule has 2 aromatic carbocycles. The molecule has 0 radical (unpaired) electrons. The Morgan fingerprint density at radius 2 is 1.84 bits per heavy atom. The second-order valence-electron chi connectivity index (χ2n) is 6.82. The third-order valence-corrected chi connectivity index (χ3v) is 5.10. The summed E-state index contributed by atoms with van der Waals surface area (Å²) in [5.74, 6) is 0.920. The van der Waals surface area contributed by atoms with Gasteiger partial charge in [-0.15, -0.1) is 0 Å². The summed E-state index contributed by atoms with van der Waals surface area (Å²) < 4.78 is 6.11. The lowest BCUT2D eigenvalue weighted by atomic mass is 9.94. The number of fused-ring (bicyclic) bond motifs is 1. The van der Waals surface area contributed by atoms with Gasteiger partial charge in [-0.05, 0) is 37.3 Å². The van der Waals surface area contributed by atoms with Gasteiger partial charge in [0.2, 0.25) is 0 Å². The van der Waals surface area contributed by atoms with Crippen molar-refractivity contribution in [2.45, 2.75) is 44.6 Å². The van der Waals surface area contributed by atoms with E-state index >= 15 is 0 Å². The van der Waals surface area contributed by atoms with Gasteiger partial charge in [-0.2, -0.15) is 0 Å². The number of nitrogen functional groups attached to an aromatic ring is 1. The molecular weight excluding hydrogens is 310 g/mol. The Kier molecular flexibility index (Phi) is 4.26. The molecule has 1 fully saturated rings. The number of benzene rings is 2. The van der Waals surface area contributed by atoms with E-state index in [1.165, 1.54) is 18.4 Å². The zero-order valence-corrected chi connectivity index (χ0v) is 14.5. The molecule has 1 unspecified atom stereocenters. The summed E-state index contributed by atoms with van der Waals surface area (Å²) in [6.45, 7) is 2.16. The third kappa shape index (κ3) is 3.16. The number of aromatic nitrogens is 2. The summed E-state index contributed by atoms with van der Waals surface area (Å²) in [6.07, 6.45) is 6.60. The van der Waals surface area contributed by atoms with Crippen molar-refractivity contribution in [1.29, 1.82) is 0 Å². The van der Waals surface area contributed by atoms with Crippen molar-refractivity contribution in [3.63, 3.8) is 0 Å². The Labute approximate surface area is 148 Å². The molecule has 4 nitrogen and oxygen atoms in total. The molecule has 1 heterocycles. The van der Waals surface area contributed by atoms with Crippen molar-refractivity contribution in [2.75, 3.05) is 5.73 Å². The molecule has 4 rings (SSSR count). The Bertz CT molecular complexity index is 873. The average molecular weight is 333 g/mol. The van der Waals surface area contributed by atoms with Crippen LogP contribution in [0.1, 0.15) is 49.8 Å². The molecule has 0 saturated heterocycles. The third-order valence-electron chi connectivity index (χ3n) is 5.10. The van der Waals surface area contributed by atoms with Crippen molar-refractivity contribution >= 4 is 16.6 Å². The molecule has 25 heavy (non-hydrogen) atoms. The van der Waals surface area contributed by atoms with E-state index in [-0.39, 0.29) is 12.0 Å². The van der Waals surface area contributed by atoms with Gasteiger partial charge in [0.25, 0.3) is 0 Å². The van der Waals surface area contributed by atoms with E-state index in [4.69, 9.17) is 10.5 Å². The summed E-state index contributed by atoms with van der Waals surface area (Å²) in [6, 6.07) is 14.3. The van der Waals surface area contributed by atoms with Crippen LogP contribution in [0, 0.1) is 0 Å². The highest BCUT2D eigenvalue weighted by Gasteiger charge is 2.19. The molecular formula is C21H23N3O. The fraction of sp³-hybridized carbons (Fsp3) is 0.333. The molecule has 1 atom stereocenters. The number of hydrogen-bond acceptors (Lipinski definition) is 4. The Balaban J connectivity index is 1.73. The van der Waals surface area contributed by atoms with E-state index in [1.807, 2.05) is 18.2 Å². The molecule has 0 spiro atoms. The smallest absolute Gasteiger partial charge is 0.144 e. The average Bonchev–Trinajstić information content (AvgIpc) is 3.15. The van der Waals surface area contributed by atoms with E-state index in [1.54, 1.807) is 6.33 Å². The molecule has 1 aromatic heterocycles. The number of anilines is 1. The molecule has 0 bridgehead atoms.